The lowest BCUT2D eigenvalue weighted by Gasteiger charge is -2.08. The van der Waals surface area contributed by atoms with Gasteiger partial charge in [0.25, 0.3) is 0 Å². The van der Waals surface area contributed by atoms with E-state index in [1.807, 2.05) is 0 Å². The number of likely N-dealkylation sites (tertiary alicyclic amines) is 1. The van der Waals surface area contributed by atoms with Crippen LogP contribution >= 0.6 is 0 Å². The Morgan fingerprint density at radius 2 is 2.27 bits per heavy atom. The van der Waals surface area contributed by atoms with Crippen molar-refractivity contribution in [1.82, 2.24) is 4.90 Å². The highest BCUT2D eigenvalue weighted by atomic mass is 19.1. The molecule has 1 fully saturated rings. The van der Waals surface area contributed by atoms with E-state index in [0.717, 1.165) is 4.90 Å². The summed E-state index contributed by atoms with van der Waals surface area (Å²) in [7, 11) is 0. The standard InChI is InChI=1S/C6H8FNO3/c7-5-2-8(6(10)11)1-4(5)3-9/h3-5H,1-2H2,(H,10,11). The Kier molecular flexibility index (Phi) is 2.07. The Bertz CT molecular complexity index is 185. The smallest absolute Gasteiger partial charge is 0.407 e. The van der Waals surface area contributed by atoms with Crippen LogP contribution in [0.5, 0.6) is 0 Å². The number of carboxylic acid groups (broad SMARTS) is 1. The number of halogens is 1. The SMILES string of the molecule is O=CC1CN(C(=O)O)CC1F. The van der Waals surface area contributed by atoms with Gasteiger partial charge in [-0.25, -0.2) is 9.18 Å². The van der Waals surface area contributed by atoms with Crippen LogP contribution in [0.4, 0.5) is 9.18 Å². The molecule has 0 aromatic carbocycles. The number of carbonyl (C=O) groups is 2. The van der Waals surface area contributed by atoms with Crippen LogP contribution in [-0.2, 0) is 4.79 Å². The van der Waals surface area contributed by atoms with Crippen LogP contribution in [0.3, 0.4) is 0 Å². The van der Waals surface area contributed by atoms with Crippen molar-refractivity contribution in [2.45, 2.75) is 6.17 Å². The summed E-state index contributed by atoms with van der Waals surface area (Å²) < 4.78 is 12.7. The second-order valence-electron chi connectivity index (χ2n) is 2.50. The van der Waals surface area contributed by atoms with Gasteiger partial charge in [-0.05, 0) is 0 Å². The molecule has 0 aromatic rings. The molecule has 1 saturated heterocycles. The van der Waals surface area contributed by atoms with Crippen molar-refractivity contribution in [3.05, 3.63) is 0 Å². The maximum atomic E-state index is 12.7. The van der Waals surface area contributed by atoms with Gasteiger partial charge in [0.05, 0.1) is 12.5 Å². The number of rotatable bonds is 1. The summed E-state index contributed by atoms with van der Waals surface area (Å²) in [6.45, 7) is -0.196. The Balaban J connectivity index is 2.56. The molecule has 0 radical (unpaired) electrons. The molecule has 2 unspecified atom stereocenters. The van der Waals surface area contributed by atoms with Crippen molar-refractivity contribution in [3.8, 4) is 0 Å². The van der Waals surface area contributed by atoms with Crippen LogP contribution in [0.25, 0.3) is 0 Å². The van der Waals surface area contributed by atoms with Gasteiger partial charge in [-0.15, -0.1) is 0 Å². The minimum atomic E-state index is -1.33. The third kappa shape index (κ3) is 1.47. The fraction of sp³-hybridized carbons (Fsp3) is 0.667. The summed E-state index contributed by atoms with van der Waals surface area (Å²) >= 11 is 0. The molecule has 0 saturated carbocycles. The molecule has 1 amide bonds. The van der Waals surface area contributed by atoms with E-state index in [1.54, 1.807) is 0 Å². The number of hydrogen-bond donors (Lipinski definition) is 1. The summed E-state index contributed by atoms with van der Waals surface area (Å²) in [5.41, 5.74) is 0. The van der Waals surface area contributed by atoms with Gasteiger partial charge in [-0.1, -0.05) is 0 Å². The average Bonchev–Trinajstić information content (AvgIpc) is 2.31. The van der Waals surface area contributed by atoms with Crippen molar-refractivity contribution in [2.75, 3.05) is 13.1 Å². The van der Waals surface area contributed by atoms with Crippen LogP contribution in [0.1, 0.15) is 0 Å². The molecule has 1 heterocycles. The highest BCUT2D eigenvalue weighted by Crippen LogP contribution is 2.17. The summed E-state index contributed by atoms with van der Waals surface area (Å²) in [5, 5.41) is 8.39. The first-order valence-corrected chi connectivity index (χ1v) is 3.22. The second-order valence-corrected chi connectivity index (χ2v) is 2.50. The Morgan fingerprint density at radius 3 is 2.55 bits per heavy atom. The summed E-state index contributed by atoms with van der Waals surface area (Å²) in [4.78, 5) is 21.3. The van der Waals surface area contributed by atoms with E-state index in [4.69, 9.17) is 5.11 Å². The van der Waals surface area contributed by atoms with Gasteiger partial charge >= 0.3 is 6.09 Å². The first kappa shape index (κ1) is 7.97. The van der Waals surface area contributed by atoms with Crippen molar-refractivity contribution in [1.29, 1.82) is 0 Å². The zero-order valence-corrected chi connectivity index (χ0v) is 5.74. The Labute approximate surface area is 62.6 Å². The van der Waals surface area contributed by atoms with E-state index in [0.29, 0.717) is 6.29 Å². The van der Waals surface area contributed by atoms with E-state index in [9.17, 15) is 14.0 Å². The summed E-state index contributed by atoms with van der Waals surface area (Å²) in [5.74, 6) is -0.772. The number of aldehydes is 1. The molecule has 4 nitrogen and oxygen atoms in total. The molecule has 0 spiro atoms. The number of alkyl halides is 1. The van der Waals surface area contributed by atoms with Gasteiger partial charge in [-0.3, -0.25) is 0 Å². The Morgan fingerprint density at radius 1 is 1.64 bits per heavy atom. The second kappa shape index (κ2) is 2.86. The zero-order valence-electron chi connectivity index (χ0n) is 5.74. The monoisotopic (exact) mass is 161 g/mol. The molecule has 1 aliphatic heterocycles. The zero-order chi connectivity index (χ0) is 8.43. The average molecular weight is 161 g/mol. The third-order valence-electron chi connectivity index (χ3n) is 1.74. The maximum absolute atomic E-state index is 12.7. The maximum Gasteiger partial charge on any atom is 0.407 e. The minimum Gasteiger partial charge on any atom is -0.465 e. The largest absolute Gasteiger partial charge is 0.465 e. The molecular formula is C6H8FNO3. The summed E-state index contributed by atoms with van der Waals surface area (Å²) in [6.07, 6.45) is -2.03. The van der Waals surface area contributed by atoms with Crippen LogP contribution in [0, 0.1) is 5.92 Å². The van der Waals surface area contributed by atoms with E-state index >= 15 is 0 Å². The molecule has 0 aliphatic carbocycles. The predicted octanol–water partition coefficient (Wildman–Crippen LogP) is 0.133. The lowest BCUT2D eigenvalue weighted by atomic mass is 10.1. The van der Waals surface area contributed by atoms with E-state index < -0.39 is 18.2 Å². The van der Waals surface area contributed by atoms with Crippen molar-refractivity contribution in [3.63, 3.8) is 0 Å². The minimum absolute atomic E-state index is 0.0139. The Hall–Kier alpha value is -1.13. The molecule has 1 N–H and O–H groups in total. The van der Waals surface area contributed by atoms with Crippen molar-refractivity contribution < 1.29 is 19.1 Å². The predicted molar refractivity (Wildman–Crippen MR) is 34.0 cm³/mol. The fourth-order valence-corrected chi connectivity index (χ4v) is 1.07. The molecule has 62 valence electrons. The third-order valence-corrected chi connectivity index (χ3v) is 1.74. The van der Waals surface area contributed by atoms with Gasteiger partial charge in [0.1, 0.15) is 12.5 Å². The first-order chi connectivity index (χ1) is 5.15. The molecule has 2 atom stereocenters. The van der Waals surface area contributed by atoms with E-state index in [1.165, 1.54) is 0 Å². The highest BCUT2D eigenvalue weighted by molar-refractivity contribution is 5.67. The quantitative estimate of drug-likeness (QED) is 0.556. The molecular weight excluding hydrogens is 153 g/mol. The van der Waals surface area contributed by atoms with E-state index in [-0.39, 0.29) is 13.1 Å². The number of amides is 1. The lowest BCUT2D eigenvalue weighted by molar-refractivity contribution is -0.111. The fourth-order valence-electron chi connectivity index (χ4n) is 1.07. The molecule has 1 rings (SSSR count). The molecule has 0 bridgehead atoms. The molecule has 0 aromatic heterocycles. The van der Waals surface area contributed by atoms with E-state index in [2.05, 4.69) is 0 Å². The van der Waals surface area contributed by atoms with Crippen LogP contribution < -0.4 is 0 Å². The van der Waals surface area contributed by atoms with Crippen LogP contribution in [0.15, 0.2) is 0 Å². The topological polar surface area (TPSA) is 57.6 Å². The van der Waals surface area contributed by atoms with Crippen LogP contribution in [-0.4, -0.2) is 41.6 Å². The molecule has 1 aliphatic rings. The molecule has 5 heteroatoms. The highest BCUT2D eigenvalue weighted by Gasteiger charge is 2.34. The normalized spacial score (nSPS) is 30.5. The van der Waals surface area contributed by atoms with Crippen molar-refractivity contribution in [2.24, 2.45) is 5.92 Å². The van der Waals surface area contributed by atoms with Crippen molar-refractivity contribution >= 4 is 12.4 Å². The molecule has 11 heavy (non-hydrogen) atoms. The van der Waals surface area contributed by atoms with Gasteiger partial charge in [0.2, 0.25) is 0 Å². The van der Waals surface area contributed by atoms with Gasteiger partial charge < -0.3 is 14.8 Å². The van der Waals surface area contributed by atoms with Gasteiger partial charge in [-0.2, -0.15) is 0 Å². The summed E-state index contributed by atoms with van der Waals surface area (Å²) in [6, 6.07) is 0. The first-order valence-electron chi connectivity index (χ1n) is 3.22. The number of nitrogens with zero attached hydrogens (tertiary/aromatic N) is 1. The number of carbonyl (C=O) groups excluding carboxylic acids is 1. The van der Waals surface area contributed by atoms with Gasteiger partial charge in [0, 0.05) is 6.54 Å². The lowest BCUT2D eigenvalue weighted by Crippen LogP contribution is -2.27. The van der Waals surface area contributed by atoms with Gasteiger partial charge in [0.15, 0.2) is 0 Å². The van der Waals surface area contributed by atoms with Crippen LogP contribution in [0.2, 0.25) is 0 Å². The number of hydrogen-bond acceptors (Lipinski definition) is 2.